The number of fused-ring (bicyclic) bond motifs is 2. The van der Waals surface area contributed by atoms with Gasteiger partial charge in [0, 0.05) is 5.38 Å². The zero-order valence-electron chi connectivity index (χ0n) is 13.5. The van der Waals surface area contributed by atoms with Crippen LogP contribution in [0, 0.1) is 6.92 Å². The minimum atomic E-state index is -1.01. The number of carboxylic acid groups (broad SMARTS) is 1. The fourth-order valence-electron chi connectivity index (χ4n) is 3.13. The molecule has 7 heteroatoms. The number of para-hydroxylation sites is 1. The molecule has 25 heavy (non-hydrogen) atoms. The zero-order chi connectivity index (χ0) is 17.6. The lowest BCUT2D eigenvalue weighted by atomic mass is 10.00. The van der Waals surface area contributed by atoms with Gasteiger partial charge in [-0.05, 0) is 30.5 Å². The smallest absolute Gasteiger partial charge is 0.338 e. The molecule has 3 heterocycles. The highest BCUT2D eigenvalue weighted by Crippen LogP contribution is 2.29. The summed E-state index contributed by atoms with van der Waals surface area (Å²) in [7, 11) is 0. The molecule has 3 aromatic rings. The number of hydrogen-bond acceptors (Lipinski definition) is 4. The summed E-state index contributed by atoms with van der Waals surface area (Å²) in [6.45, 7) is 2.42. The van der Waals surface area contributed by atoms with Crippen molar-refractivity contribution in [1.29, 1.82) is 0 Å². The first-order valence-electron chi connectivity index (χ1n) is 7.88. The van der Waals surface area contributed by atoms with Crippen LogP contribution >= 0.6 is 11.3 Å². The highest BCUT2D eigenvalue weighted by Gasteiger charge is 2.24. The van der Waals surface area contributed by atoms with E-state index in [1.807, 2.05) is 25.1 Å². The normalized spacial score (nSPS) is 16.3. The minimum absolute atomic E-state index is 0.123. The van der Waals surface area contributed by atoms with Crippen LogP contribution in [0.25, 0.3) is 10.2 Å². The van der Waals surface area contributed by atoms with Gasteiger partial charge in [-0.25, -0.2) is 4.79 Å². The molecule has 1 amide bonds. The number of aryl methyl sites for hydroxylation is 1. The van der Waals surface area contributed by atoms with Crippen molar-refractivity contribution in [3.8, 4) is 5.75 Å². The lowest BCUT2D eigenvalue weighted by Gasteiger charge is -2.27. The second-order valence-electron chi connectivity index (χ2n) is 6.13. The van der Waals surface area contributed by atoms with E-state index >= 15 is 0 Å². The number of benzene rings is 1. The second-order valence-corrected chi connectivity index (χ2v) is 7.04. The van der Waals surface area contributed by atoms with Gasteiger partial charge >= 0.3 is 5.97 Å². The SMILES string of the molecule is Cc1cccc2c1OCC(NC(=O)c1cc3scc(C(=O)O)c3[nH]1)C2. The van der Waals surface area contributed by atoms with E-state index in [0.717, 1.165) is 21.6 Å². The molecule has 0 spiro atoms. The molecule has 2 aromatic heterocycles. The van der Waals surface area contributed by atoms with Crippen molar-refractivity contribution < 1.29 is 19.4 Å². The minimum Gasteiger partial charge on any atom is -0.491 e. The number of nitrogens with one attached hydrogen (secondary N) is 2. The zero-order valence-corrected chi connectivity index (χ0v) is 14.3. The largest absolute Gasteiger partial charge is 0.491 e. The highest BCUT2D eigenvalue weighted by atomic mass is 32.1. The van der Waals surface area contributed by atoms with Gasteiger partial charge in [-0.15, -0.1) is 11.3 Å². The third-order valence-electron chi connectivity index (χ3n) is 4.35. The van der Waals surface area contributed by atoms with E-state index in [4.69, 9.17) is 9.84 Å². The van der Waals surface area contributed by atoms with Crippen molar-refractivity contribution >= 4 is 33.4 Å². The van der Waals surface area contributed by atoms with Crippen molar-refractivity contribution in [2.75, 3.05) is 6.61 Å². The fraction of sp³-hybridized carbons (Fsp3) is 0.222. The van der Waals surface area contributed by atoms with Crippen LogP contribution in [0.3, 0.4) is 0 Å². The van der Waals surface area contributed by atoms with Gasteiger partial charge in [-0.1, -0.05) is 18.2 Å². The van der Waals surface area contributed by atoms with Crippen LogP contribution < -0.4 is 10.1 Å². The number of hydrogen-bond donors (Lipinski definition) is 3. The van der Waals surface area contributed by atoms with Gasteiger partial charge < -0.3 is 20.1 Å². The molecule has 3 N–H and O–H groups in total. The number of aromatic nitrogens is 1. The molecular formula is C18H16N2O4S. The number of rotatable bonds is 3. The van der Waals surface area contributed by atoms with Crippen LogP contribution in [-0.2, 0) is 6.42 Å². The Morgan fingerprint density at radius 2 is 2.24 bits per heavy atom. The van der Waals surface area contributed by atoms with Gasteiger partial charge in [-0.3, -0.25) is 4.79 Å². The Kier molecular flexibility index (Phi) is 3.73. The number of carboxylic acids is 1. The van der Waals surface area contributed by atoms with Crippen LogP contribution in [0.15, 0.2) is 29.6 Å². The molecule has 128 valence electrons. The summed E-state index contributed by atoms with van der Waals surface area (Å²) in [5.74, 6) is -0.364. The van der Waals surface area contributed by atoms with Gasteiger partial charge in [0.25, 0.3) is 5.91 Å². The number of aromatic carboxylic acids is 1. The Morgan fingerprint density at radius 1 is 1.40 bits per heavy atom. The van der Waals surface area contributed by atoms with E-state index < -0.39 is 5.97 Å². The molecule has 0 bridgehead atoms. The highest BCUT2D eigenvalue weighted by molar-refractivity contribution is 7.17. The van der Waals surface area contributed by atoms with E-state index in [1.54, 1.807) is 11.4 Å². The Balaban J connectivity index is 1.52. The molecule has 6 nitrogen and oxygen atoms in total. The van der Waals surface area contributed by atoms with E-state index in [9.17, 15) is 9.59 Å². The van der Waals surface area contributed by atoms with Crippen LogP contribution in [0.5, 0.6) is 5.75 Å². The van der Waals surface area contributed by atoms with Crippen LogP contribution in [0.2, 0.25) is 0 Å². The van der Waals surface area contributed by atoms with Gasteiger partial charge in [0.2, 0.25) is 0 Å². The van der Waals surface area contributed by atoms with Crippen LogP contribution in [0.1, 0.15) is 32.0 Å². The molecule has 1 atom stereocenters. The molecule has 1 aliphatic heterocycles. The second kappa shape index (κ2) is 5.93. The topological polar surface area (TPSA) is 91.4 Å². The number of amides is 1. The van der Waals surface area contributed by atoms with Gasteiger partial charge in [0.05, 0.1) is 21.8 Å². The summed E-state index contributed by atoms with van der Waals surface area (Å²) in [4.78, 5) is 26.6. The van der Waals surface area contributed by atoms with E-state index in [1.165, 1.54) is 11.3 Å². The van der Waals surface area contributed by atoms with Crippen molar-refractivity contribution in [3.63, 3.8) is 0 Å². The fourth-order valence-corrected chi connectivity index (χ4v) is 4.06. The summed E-state index contributed by atoms with van der Waals surface area (Å²) in [6, 6.07) is 7.55. The molecule has 1 aromatic carbocycles. The maximum atomic E-state index is 12.5. The van der Waals surface area contributed by atoms with Crippen molar-refractivity contribution in [3.05, 3.63) is 52.0 Å². The average molecular weight is 356 g/mol. The standard InChI is InChI=1S/C18H16N2O4S/c1-9-3-2-4-10-5-11(7-24-16(9)10)19-17(21)13-6-14-15(20-13)12(8-25-14)18(22)23/h2-4,6,8,11,20H,5,7H2,1H3,(H,19,21)(H,22,23). The van der Waals surface area contributed by atoms with Gasteiger partial charge in [0.15, 0.2) is 0 Å². The Hall–Kier alpha value is -2.80. The first-order chi connectivity index (χ1) is 12.0. The lowest BCUT2D eigenvalue weighted by Crippen LogP contribution is -2.43. The predicted octanol–water partition coefficient (Wildman–Crippen LogP) is 2.97. The first kappa shape index (κ1) is 15.7. The van der Waals surface area contributed by atoms with Crippen molar-refractivity contribution in [1.82, 2.24) is 10.3 Å². The first-order valence-corrected chi connectivity index (χ1v) is 8.76. The summed E-state index contributed by atoms with van der Waals surface area (Å²) < 4.78 is 6.55. The number of H-pyrrole nitrogens is 1. The molecule has 1 aliphatic rings. The third kappa shape index (κ3) is 2.76. The monoisotopic (exact) mass is 356 g/mol. The summed E-state index contributed by atoms with van der Waals surface area (Å²) in [6.07, 6.45) is 0.707. The van der Waals surface area contributed by atoms with Crippen LogP contribution in [0.4, 0.5) is 0 Å². The van der Waals surface area contributed by atoms with E-state index in [-0.39, 0.29) is 17.5 Å². The maximum absolute atomic E-state index is 12.5. The lowest BCUT2D eigenvalue weighted by molar-refractivity contribution is 0.0698. The number of carbonyl (C=O) groups excluding carboxylic acids is 1. The van der Waals surface area contributed by atoms with Gasteiger partial charge in [0.1, 0.15) is 18.1 Å². The van der Waals surface area contributed by atoms with Crippen molar-refractivity contribution in [2.45, 2.75) is 19.4 Å². The number of ether oxygens (including phenoxy) is 1. The Labute approximate surface area is 147 Å². The number of thiophene rings is 1. The Bertz CT molecular complexity index is 988. The summed E-state index contributed by atoms with van der Waals surface area (Å²) in [5.41, 5.74) is 3.21. The summed E-state index contributed by atoms with van der Waals surface area (Å²) >= 11 is 1.30. The van der Waals surface area contributed by atoms with Crippen molar-refractivity contribution in [2.24, 2.45) is 0 Å². The molecule has 1 unspecified atom stereocenters. The Morgan fingerprint density at radius 3 is 3.04 bits per heavy atom. The molecule has 0 saturated heterocycles. The quantitative estimate of drug-likeness (QED) is 0.673. The molecule has 0 saturated carbocycles. The molecule has 0 fully saturated rings. The number of carbonyl (C=O) groups is 2. The third-order valence-corrected chi connectivity index (χ3v) is 5.28. The molecular weight excluding hydrogens is 340 g/mol. The van der Waals surface area contributed by atoms with E-state index in [0.29, 0.717) is 24.2 Å². The van der Waals surface area contributed by atoms with E-state index in [2.05, 4.69) is 10.3 Å². The number of aromatic amines is 1. The molecule has 0 aliphatic carbocycles. The molecule has 0 radical (unpaired) electrons. The van der Waals surface area contributed by atoms with Gasteiger partial charge in [-0.2, -0.15) is 0 Å². The predicted molar refractivity (Wildman–Crippen MR) is 94.8 cm³/mol. The maximum Gasteiger partial charge on any atom is 0.338 e. The molecule has 4 rings (SSSR count). The van der Waals surface area contributed by atoms with Crippen LogP contribution in [-0.4, -0.2) is 34.6 Å². The summed E-state index contributed by atoms with van der Waals surface area (Å²) in [5, 5.41) is 13.7. The average Bonchev–Trinajstić information content (AvgIpc) is 3.15.